The van der Waals surface area contributed by atoms with Gasteiger partial charge in [-0.25, -0.2) is 0 Å². The van der Waals surface area contributed by atoms with Crippen LogP contribution in [-0.2, 0) is 9.59 Å². The summed E-state index contributed by atoms with van der Waals surface area (Å²) < 4.78 is 16.4. The standard InChI is InChI=1S/C28H27NO6/c1-4-34-22-15-11-20(12-16-22)29-25(19-7-6-8-23(17-19)35-5-2)24(27(31)28(29)32)26(30)18-9-13-21(33-3)14-10-18/h6-17,25,30H,4-5H2,1-3H3/b26-24-. The highest BCUT2D eigenvalue weighted by molar-refractivity contribution is 6.51. The van der Waals surface area contributed by atoms with Crippen molar-refractivity contribution in [3.63, 3.8) is 0 Å². The molecule has 0 spiro atoms. The number of carbonyl (C=O) groups is 2. The molecule has 1 aliphatic rings. The number of hydrogen-bond acceptors (Lipinski definition) is 6. The Kier molecular flexibility index (Phi) is 7.06. The Morgan fingerprint density at radius 3 is 2.11 bits per heavy atom. The van der Waals surface area contributed by atoms with E-state index in [4.69, 9.17) is 14.2 Å². The minimum atomic E-state index is -0.851. The maximum absolute atomic E-state index is 13.3. The van der Waals surface area contributed by atoms with Crippen LogP contribution < -0.4 is 19.1 Å². The summed E-state index contributed by atoms with van der Waals surface area (Å²) in [5, 5.41) is 11.2. The van der Waals surface area contributed by atoms with Gasteiger partial charge in [0.15, 0.2) is 0 Å². The largest absolute Gasteiger partial charge is 0.507 e. The molecule has 1 fully saturated rings. The van der Waals surface area contributed by atoms with Crippen LogP contribution in [0.2, 0.25) is 0 Å². The molecule has 1 atom stereocenters. The third-order valence-electron chi connectivity index (χ3n) is 5.72. The Morgan fingerprint density at radius 2 is 1.49 bits per heavy atom. The molecule has 1 unspecified atom stereocenters. The van der Waals surface area contributed by atoms with Crippen molar-refractivity contribution >= 4 is 23.1 Å². The number of amides is 1. The van der Waals surface area contributed by atoms with Crippen molar-refractivity contribution in [2.45, 2.75) is 19.9 Å². The van der Waals surface area contributed by atoms with Crippen molar-refractivity contribution in [2.75, 3.05) is 25.2 Å². The van der Waals surface area contributed by atoms with Crippen molar-refractivity contribution < 1.29 is 28.9 Å². The SMILES string of the molecule is CCOc1ccc(N2C(=O)C(=O)/C(=C(\O)c3ccc(OC)cc3)C2c2cccc(OCC)c2)cc1. The molecule has 4 rings (SSSR count). The maximum atomic E-state index is 13.3. The van der Waals surface area contributed by atoms with Crippen LogP contribution in [-0.4, -0.2) is 37.1 Å². The lowest BCUT2D eigenvalue weighted by Gasteiger charge is -2.26. The Hall–Kier alpha value is -4.26. The van der Waals surface area contributed by atoms with Gasteiger partial charge in [-0.3, -0.25) is 14.5 Å². The molecule has 3 aromatic rings. The minimum absolute atomic E-state index is 0.00250. The van der Waals surface area contributed by atoms with Gasteiger partial charge in [0.1, 0.15) is 23.0 Å². The second kappa shape index (κ2) is 10.3. The normalized spacial score (nSPS) is 16.9. The second-order valence-electron chi connectivity index (χ2n) is 7.83. The van der Waals surface area contributed by atoms with Gasteiger partial charge >= 0.3 is 0 Å². The number of aliphatic hydroxyl groups is 1. The van der Waals surface area contributed by atoms with Gasteiger partial charge in [0, 0.05) is 11.3 Å². The lowest BCUT2D eigenvalue weighted by atomic mass is 9.95. The number of rotatable bonds is 8. The topological polar surface area (TPSA) is 85.3 Å². The van der Waals surface area contributed by atoms with E-state index >= 15 is 0 Å². The fourth-order valence-electron chi connectivity index (χ4n) is 4.13. The number of Topliss-reactive ketones (excluding diaryl/α,β-unsaturated/α-hetero) is 1. The summed E-state index contributed by atoms with van der Waals surface area (Å²) in [4.78, 5) is 28.0. The summed E-state index contributed by atoms with van der Waals surface area (Å²) in [6.45, 7) is 4.74. The Labute approximate surface area is 204 Å². The van der Waals surface area contributed by atoms with Gasteiger partial charge in [-0.2, -0.15) is 0 Å². The third kappa shape index (κ3) is 4.71. The molecule has 0 aliphatic carbocycles. The van der Waals surface area contributed by atoms with Crippen molar-refractivity contribution in [3.05, 3.63) is 89.5 Å². The lowest BCUT2D eigenvalue weighted by Crippen LogP contribution is -2.29. The van der Waals surface area contributed by atoms with Crippen LogP contribution in [0.15, 0.2) is 78.4 Å². The van der Waals surface area contributed by atoms with Gasteiger partial charge in [0.25, 0.3) is 11.7 Å². The second-order valence-corrected chi connectivity index (χ2v) is 7.83. The van der Waals surface area contributed by atoms with E-state index < -0.39 is 17.7 Å². The van der Waals surface area contributed by atoms with Gasteiger partial charge in [-0.15, -0.1) is 0 Å². The first-order valence-corrected chi connectivity index (χ1v) is 11.4. The van der Waals surface area contributed by atoms with E-state index in [2.05, 4.69) is 0 Å². The monoisotopic (exact) mass is 473 g/mol. The van der Waals surface area contributed by atoms with E-state index in [1.807, 2.05) is 19.9 Å². The molecule has 0 saturated carbocycles. The Balaban J connectivity index is 1.88. The molecule has 1 saturated heterocycles. The van der Waals surface area contributed by atoms with Gasteiger partial charge in [0.2, 0.25) is 0 Å². The first-order valence-electron chi connectivity index (χ1n) is 11.4. The lowest BCUT2D eigenvalue weighted by molar-refractivity contribution is -0.132. The first-order chi connectivity index (χ1) is 17.0. The first kappa shape index (κ1) is 23.9. The van der Waals surface area contributed by atoms with Crippen LogP contribution in [0, 0.1) is 0 Å². The fraction of sp³-hybridized carbons (Fsp3) is 0.214. The summed E-state index contributed by atoms with van der Waals surface area (Å²) in [5.74, 6) is 0.117. The number of nitrogens with zero attached hydrogens (tertiary/aromatic N) is 1. The zero-order valence-corrected chi connectivity index (χ0v) is 19.9. The van der Waals surface area contributed by atoms with Crippen LogP contribution in [0.5, 0.6) is 17.2 Å². The van der Waals surface area contributed by atoms with Gasteiger partial charge in [-0.1, -0.05) is 12.1 Å². The molecule has 1 amide bonds. The van der Waals surface area contributed by atoms with Crippen LogP contribution in [0.3, 0.4) is 0 Å². The number of hydrogen-bond donors (Lipinski definition) is 1. The van der Waals surface area contributed by atoms with Gasteiger partial charge in [-0.05, 0) is 80.1 Å². The summed E-state index contributed by atoms with van der Waals surface area (Å²) in [7, 11) is 1.54. The molecule has 1 N–H and O–H groups in total. The molecule has 3 aromatic carbocycles. The number of aliphatic hydroxyl groups excluding tert-OH is 1. The molecule has 180 valence electrons. The number of carbonyl (C=O) groups excluding carboxylic acids is 2. The Morgan fingerprint density at radius 1 is 0.857 bits per heavy atom. The number of anilines is 1. The van der Waals surface area contributed by atoms with Crippen LogP contribution >= 0.6 is 0 Å². The minimum Gasteiger partial charge on any atom is -0.507 e. The molecular formula is C28H27NO6. The van der Waals surface area contributed by atoms with Crippen molar-refractivity contribution in [3.8, 4) is 17.2 Å². The molecule has 35 heavy (non-hydrogen) atoms. The molecule has 1 heterocycles. The summed E-state index contributed by atoms with van der Waals surface area (Å²) in [6, 6.07) is 19.9. The smallest absolute Gasteiger partial charge is 0.300 e. The molecule has 7 heteroatoms. The van der Waals surface area contributed by atoms with E-state index in [-0.39, 0.29) is 11.3 Å². The summed E-state index contributed by atoms with van der Waals surface area (Å²) in [5.41, 5.74) is 1.55. The number of benzene rings is 3. The highest BCUT2D eigenvalue weighted by Crippen LogP contribution is 2.43. The van der Waals surface area contributed by atoms with Crippen LogP contribution in [0.1, 0.15) is 31.0 Å². The Bertz CT molecular complexity index is 1250. The molecule has 0 radical (unpaired) electrons. The average Bonchev–Trinajstić information content (AvgIpc) is 3.15. The maximum Gasteiger partial charge on any atom is 0.300 e. The third-order valence-corrected chi connectivity index (χ3v) is 5.72. The highest BCUT2D eigenvalue weighted by Gasteiger charge is 2.47. The van der Waals surface area contributed by atoms with Gasteiger partial charge < -0.3 is 19.3 Å². The quantitative estimate of drug-likeness (QED) is 0.278. The van der Waals surface area contributed by atoms with Crippen LogP contribution in [0.4, 0.5) is 5.69 Å². The fourth-order valence-corrected chi connectivity index (χ4v) is 4.13. The van der Waals surface area contributed by atoms with Crippen molar-refractivity contribution in [1.82, 2.24) is 0 Å². The van der Waals surface area contributed by atoms with Crippen molar-refractivity contribution in [1.29, 1.82) is 0 Å². The highest BCUT2D eigenvalue weighted by atomic mass is 16.5. The van der Waals surface area contributed by atoms with E-state index in [9.17, 15) is 14.7 Å². The molecule has 0 aromatic heterocycles. The molecule has 1 aliphatic heterocycles. The molecular weight excluding hydrogens is 446 g/mol. The summed E-state index contributed by atoms with van der Waals surface area (Å²) in [6.07, 6.45) is 0. The summed E-state index contributed by atoms with van der Waals surface area (Å²) >= 11 is 0. The predicted octanol–water partition coefficient (Wildman–Crippen LogP) is 5.12. The number of methoxy groups -OCH3 is 1. The average molecular weight is 474 g/mol. The number of ketones is 1. The predicted molar refractivity (Wildman–Crippen MR) is 133 cm³/mol. The molecule has 0 bridgehead atoms. The van der Waals surface area contributed by atoms with Crippen molar-refractivity contribution in [2.24, 2.45) is 0 Å². The number of ether oxygens (including phenoxy) is 3. The zero-order valence-electron chi connectivity index (χ0n) is 19.9. The van der Waals surface area contributed by atoms with E-state index in [0.717, 1.165) is 0 Å². The zero-order chi connectivity index (χ0) is 24.9. The van der Waals surface area contributed by atoms with Gasteiger partial charge in [0.05, 0.1) is 31.9 Å². The molecule has 7 nitrogen and oxygen atoms in total. The van der Waals surface area contributed by atoms with E-state index in [0.29, 0.717) is 47.3 Å². The van der Waals surface area contributed by atoms with Crippen LogP contribution in [0.25, 0.3) is 5.76 Å². The van der Waals surface area contributed by atoms with E-state index in [1.165, 1.54) is 4.90 Å². The van der Waals surface area contributed by atoms with E-state index in [1.54, 1.807) is 73.8 Å².